The zero-order valence-electron chi connectivity index (χ0n) is 21.6. The van der Waals surface area contributed by atoms with Crippen LogP contribution in [0.15, 0.2) is 12.3 Å². The summed E-state index contributed by atoms with van der Waals surface area (Å²) in [6.07, 6.45) is -9.06. The molecule has 3 N–H and O–H groups in total. The zero-order chi connectivity index (χ0) is 29.3. The van der Waals surface area contributed by atoms with E-state index in [1.54, 1.807) is 6.92 Å². The summed E-state index contributed by atoms with van der Waals surface area (Å²) in [7, 11) is 0. The molecule has 0 radical (unpaired) electrons. The highest BCUT2D eigenvalue weighted by molar-refractivity contribution is 7.17. The van der Waals surface area contributed by atoms with Gasteiger partial charge in [0.1, 0.15) is 17.6 Å². The molecule has 39 heavy (non-hydrogen) atoms. The van der Waals surface area contributed by atoms with Gasteiger partial charge in [0.15, 0.2) is 5.01 Å². The van der Waals surface area contributed by atoms with E-state index in [1.165, 1.54) is 25.7 Å². The molecule has 0 saturated carbocycles. The molecule has 1 aliphatic heterocycles. The van der Waals surface area contributed by atoms with Crippen molar-refractivity contribution in [2.24, 2.45) is 0 Å². The number of likely N-dealkylation sites (tertiary alicyclic amines) is 1. The first-order valence-corrected chi connectivity index (χ1v) is 13.1. The summed E-state index contributed by atoms with van der Waals surface area (Å²) < 4.78 is 82.2. The van der Waals surface area contributed by atoms with E-state index >= 15 is 0 Å². The standard InChI is InChI=1S/C24H29F6N5O3S/c1-5-16(24(28,29)30)33-17-9-15(23(25,26)27)14(10-31-17)19-18(22(38)35-8-6-7-11(35)2)34-21(39-19)20(37)32-12(3)13(4)36/h9-13,16,36H,5-8H2,1-4H3,(H,31,33)(H,32,37)/t11-,12+,13+,16-/m0/s1. The fraction of sp³-hybridized carbons (Fsp3) is 0.583. The molecule has 216 valence electrons. The number of carbonyl (C=O) groups excluding carboxylic acids is 2. The predicted molar refractivity (Wildman–Crippen MR) is 132 cm³/mol. The molecule has 2 amide bonds. The van der Waals surface area contributed by atoms with Gasteiger partial charge in [-0.3, -0.25) is 9.59 Å². The van der Waals surface area contributed by atoms with Gasteiger partial charge >= 0.3 is 12.4 Å². The second-order valence-electron chi connectivity index (χ2n) is 9.45. The molecule has 4 atom stereocenters. The molecule has 0 spiro atoms. The second kappa shape index (κ2) is 11.7. The van der Waals surface area contributed by atoms with Crippen LogP contribution in [0.2, 0.25) is 0 Å². The van der Waals surface area contributed by atoms with Crippen LogP contribution in [0.1, 0.15) is 72.8 Å². The summed E-state index contributed by atoms with van der Waals surface area (Å²) >= 11 is 0.529. The normalized spacial score (nSPS) is 18.5. The number of halogens is 6. The van der Waals surface area contributed by atoms with Crippen molar-refractivity contribution in [1.29, 1.82) is 0 Å². The van der Waals surface area contributed by atoms with Crippen molar-refractivity contribution in [3.63, 3.8) is 0 Å². The SMILES string of the molecule is CC[C@H](Nc1cc(C(F)(F)F)c(-c2sc(C(=O)N[C@H](C)[C@@H](C)O)nc2C(=O)N2CCC[C@@H]2C)cn1)C(F)(F)F. The highest BCUT2D eigenvalue weighted by Crippen LogP contribution is 2.42. The van der Waals surface area contributed by atoms with Gasteiger partial charge in [-0.25, -0.2) is 9.97 Å². The summed E-state index contributed by atoms with van der Waals surface area (Å²) in [6, 6.07) is -2.61. The maximum absolute atomic E-state index is 14.2. The lowest BCUT2D eigenvalue weighted by atomic mass is 10.1. The fourth-order valence-corrected chi connectivity index (χ4v) is 5.03. The number of aromatic nitrogens is 2. The Bertz CT molecular complexity index is 1200. The number of rotatable bonds is 8. The van der Waals surface area contributed by atoms with Gasteiger partial charge in [-0.05, 0) is 46.1 Å². The average Bonchev–Trinajstić information content (AvgIpc) is 3.47. The Morgan fingerprint density at radius 1 is 1.23 bits per heavy atom. The van der Waals surface area contributed by atoms with Crippen molar-refractivity contribution in [3.8, 4) is 10.4 Å². The van der Waals surface area contributed by atoms with Crippen molar-refractivity contribution < 1.29 is 41.0 Å². The van der Waals surface area contributed by atoms with Crippen molar-refractivity contribution in [2.75, 3.05) is 11.9 Å². The number of thiazole rings is 1. The van der Waals surface area contributed by atoms with Crippen molar-refractivity contribution in [1.82, 2.24) is 20.2 Å². The number of nitrogens with one attached hydrogen (secondary N) is 2. The minimum atomic E-state index is -5.04. The van der Waals surface area contributed by atoms with Gasteiger partial charge in [0.25, 0.3) is 11.8 Å². The molecule has 3 rings (SSSR count). The molecular formula is C24H29F6N5O3S. The minimum absolute atomic E-state index is 0.209. The maximum Gasteiger partial charge on any atom is 0.417 e. The van der Waals surface area contributed by atoms with E-state index in [0.717, 1.165) is 6.20 Å². The van der Waals surface area contributed by atoms with Crippen LogP contribution in [-0.2, 0) is 6.18 Å². The van der Waals surface area contributed by atoms with Gasteiger partial charge in [0.05, 0.1) is 22.6 Å². The van der Waals surface area contributed by atoms with E-state index in [4.69, 9.17) is 0 Å². The lowest BCUT2D eigenvalue weighted by Crippen LogP contribution is -2.39. The molecule has 2 aromatic rings. The Balaban J connectivity index is 2.14. The number of hydrogen-bond donors (Lipinski definition) is 3. The maximum atomic E-state index is 14.2. The highest BCUT2D eigenvalue weighted by atomic mass is 32.1. The van der Waals surface area contributed by atoms with Crippen LogP contribution in [0.4, 0.5) is 32.2 Å². The third-order valence-electron chi connectivity index (χ3n) is 6.50. The lowest BCUT2D eigenvalue weighted by molar-refractivity contribution is -0.142. The zero-order valence-corrected chi connectivity index (χ0v) is 22.4. The Morgan fingerprint density at radius 3 is 2.41 bits per heavy atom. The monoisotopic (exact) mass is 581 g/mol. The summed E-state index contributed by atoms with van der Waals surface area (Å²) in [5, 5.41) is 13.9. The van der Waals surface area contributed by atoms with E-state index < -0.39 is 71.4 Å². The van der Waals surface area contributed by atoms with Gasteiger partial charge in [-0.1, -0.05) is 6.92 Å². The highest BCUT2D eigenvalue weighted by Gasteiger charge is 2.41. The van der Waals surface area contributed by atoms with E-state index in [-0.39, 0.29) is 15.9 Å². The molecule has 1 saturated heterocycles. The largest absolute Gasteiger partial charge is 0.417 e. The molecule has 0 bridgehead atoms. The van der Waals surface area contributed by atoms with Gasteiger partial charge in [-0.15, -0.1) is 11.3 Å². The topological polar surface area (TPSA) is 107 Å². The number of anilines is 1. The summed E-state index contributed by atoms with van der Waals surface area (Å²) in [5.41, 5.74) is -2.32. The molecule has 8 nitrogen and oxygen atoms in total. The molecule has 3 heterocycles. The first-order valence-electron chi connectivity index (χ1n) is 12.3. The first-order chi connectivity index (χ1) is 18.0. The van der Waals surface area contributed by atoms with Crippen LogP contribution in [0, 0.1) is 0 Å². The molecule has 15 heteroatoms. The molecule has 0 aromatic carbocycles. The third kappa shape index (κ3) is 6.99. The van der Waals surface area contributed by atoms with Crippen LogP contribution < -0.4 is 10.6 Å². The molecule has 0 unspecified atom stereocenters. The number of alkyl halides is 6. The predicted octanol–water partition coefficient (Wildman–Crippen LogP) is 5.10. The first kappa shape index (κ1) is 30.6. The second-order valence-corrected chi connectivity index (χ2v) is 10.4. The van der Waals surface area contributed by atoms with Crippen molar-refractivity contribution >= 4 is 29.0 Å². The number of carbonyl (C=O) groups is 2. The number of nitrogens with zero attached hydrogens (tertiary/aromatic N) is 3. The Hall–Kier alpha value is -2.94. The van der Waals surface area contributed by atoms with E-state index in [0.29, 0.717) is 36.8 Å². The summed E-state index contributed by atoms with van der Waals surface area (Å²) in [6.45, 7) is 6.30. The Morgan fingerprint density at radius 2 is 1.90 bits per heavy atom. The summed E-state index contributed by atoms with van der Waals surface area (Å²) in [4.78, 5) is 35.2. The molecule has 1 fully saturated rings. The molecule has 1 aliphatic rings. The van der Waals surface area contributed by atoms with Crippen LogP contribution >= 0.6 is 11.3 Å². The molecular weight excluding hydrogens is 552 g/mol. The smallest absolute Gasteiger partial charge is 0.391 e. The van der Waals surface area contributed by atoms with Gasteiger partial charge in [0.2, 0.25) is 0 Å². The van der Waals surface area contributed by atoms with E-state index in [9.17, 15) is 41.0 Å². The van der Waals surface area contributed by atoms with Crippen molar-refractivity contribution in [3.05, 3.63) is 28.5 Å². The number of pyridine rings is 1. The van der Waals surface area contributed by atoms with Crippen LogP contribution in [0.5, 0.6) is 0 Å². The van der Waals surface area contributed by atoms with Gasteiger partial charge < -0.3 is 20.6 Å². The molecule has 2 aromatic heterocycles. The fourth-order valence-electron chi connectivity index (χ4n) is 4.05. The van der Waals surface area contributed by atoms with Gasteiger partial charge in [-0.2, -0.15) is 26.3 Å². The third-order valence-corrected chi connectivity index (χ3v) is 7.59. The van der Waals surface area contributed by atoms with Crippen molar-refractivity contribution in [2.45, 2.75) is 83.5 Å². The Kier molecular flexibility index (Phi) is 9.15. The van der Waals surface area contributed by atoms with Crippen LogP contribution in [0.3, 0.4) is 0 Å². The Labute approximate surface area is 224 Å². The minimum Gasteiger partial charge on any atom is -0.391 e. The quantitative estimate of drug-likeness (QED) is 0.375. The number of aliphatic hydroxyl groups excluding tert-OH is 1. The lowest BCUT2D eigenvalue weighted by Gasteiger charge is -2.22. The average molecular weight is 582 g/mol. The number of aliphatic hydroxyl groups is 1. The van der Waals surface area contributed by atoms with Crippen LogP contribution in [0.25, 0.3) is 10.4 Å². The van der Waals surface area contributed by atoms with E-state index in [2.05, 4.69) is 15.3 Å². The van der Waals surface area contributed by atoms with E-state index in [1.807, 2.05) is 5.32 Å². The molecule has 0 aliphatic carbocycles. The number of amides is 2. The summed E-state index contributed by atoms with van der Waals surface area (Å²) in [5.74, 6) is -2.13. The van der Waals surface area contributed by atoms with Gasteiger partial charge in [0, 0.05) is 24.3 Å². The number of hydrogen-bond acceptors (Lipinski definition) is 7. The van der Waals surface area contributed by atoms with Crippen LogP contribution in [-0.4, -0.2) is 68.7 Å².